The van der Waals surface area contributed by atoms with Crippen LogP contribution >= 0.6 is 0 Å². The zero-order chi connectivity index (χ0) is 26.4. The molecular formula is C27H33N5O5. The predicted molar refractivity (Wildman–Crippen MR) is 142 cm³/mol. The molecule has 0 aliphatic carbocycles. The smallest absolute Gasteiger partial charge is 0.414 e. The van der Waals surface area contributed by atoms with Gasteiger partial charge >= 0.3 is 11.9 Å². The Morgan fingerprint density at radius 2 is 1.73 bits per heavy atom. The zero-order valence-electron chi connectivity index (χ0n) is 20.9. The monoisotopic (exact) mass is 507 g/mol. The normalized spacial score (nSPS) is 17.2. The first-order valence-corrected chi connectivity index (χ1v) is 12.4. The lowest BCUT2D eigenvalue weighted by atomic mass is 9.97. The Bertz CT molecular complexity index is 1240. The summed E-state index contributed by atoms with van der Waals surface area (Å²) in [6.07, 6.45) is 3.14. The molecule has 0 spiro atoms. The van der Waals surface area contributed by atoms with Crippen LogP contribution in [0.3, 0.4) is 0 Å². The second kappa shape index (κ2) is 11.8. The van der Waals surface area contributed by atoms with Gasteiger partial charge in [-0.05, 0) is 48.9 Å². The maximum atomic E-state index is 11.9. The molecule has 2 aromatic carbocycles. The molecular weight excluding hydrogens is 474 g/mol. The maximum Gasteiger partial charge on any atom is 0.414 e. The second-order valence-electron chi connectivity index (χ2n) is 9.29. The van der Waals surface area contributed by atoms with Crippen molar-refractivity contribution in [1.29, 1.82) is 0 Å². The lowest BCUT2D eigenvalue weighted by molar-refractivity contribution is -0.159. The number of rotatable bonds is 6. The average Bonchev–Trinajstić information content (AvgIpc) is 3.52. The van der Waals surface area contributed by atoms with Crippen LogP contribution in [0, 0.1) is 0 Å². The van der Waals surface area contributed by atoms with Gasteiger partial charge in [0.05, 0.1) is 6.54 Å². The zero-order valence-corrected chi connectivity index (χ0v) is 20.9. The number of benzene rings is 2. The van der Waals surface area contributed by atoms with Crippen LogP contribution in [0.15, 0.2) is 54.7 Å². The molecule has 1 unspecified atom stereocenters. The van der Waals surface area contributed by atoms with Crippen molar-refractivity contribution in [2.75, 3.05) is 62.7 Å². The van der Waals surface area contributed by atoms with Gasteiger partial charge < -0.3 is 30.3 Å². The molecule has 10 nitrogen and oxygen atoms in total. The van der Waals surface area contributed by atoms with E-state index in [-0.39, 0.29) is 5.91 Å². The van der Waals surface area contributed by atoms with Gasteiger partial charge in [0.25, 0.3) is 0 Å². The van der Waals surface area contributed by atoms with E-state index in [2.05, 4.69) is 73.5 Å². The summed E-state index contributed by atoms with van der Waals surface area (Å²) in [5.74, 6) is -3.08. The summed E-state index contributed by atoms with van der Waals surface area (Å²) >= 11 is 0. The molecule has 0 saturated carbocycles. The molecule has 1 fully saturated rings. The van der Waals surface area contributed by atoms with Crippen LogP contribution in [-0.2, 0) is 14.4 Å². The highest BCUT2D eigenvalue weighted by Crippen LogP contribution is 2.37. The number of hydrogen-bond donors (Lipinski definition) is 4. The minimum atomic E-state index is -1.82. The molecule has 0 bridgehead atoms. The molecule has 1 atom stereocenters. The van der Waals surface area contributed by atoms with Crippen molar-refractivity contribution >= 4 is 40.1 Å². The van der Waals surface area contributed by atoms with Crippen molar-refractivity contribution in [2.24, 2.45) is 0 Å². The van der Waals surface area contributed by atoms with E-state index < -0.39 is 11.9 Å². The number of carbonyl (C=O) groups is 3. The minimum absolute atomic E-state index is 0.0735. The number of aromatic nitrogens is 1. The highest BCUT2D eigenvalue weighted by Gasteiger charge is 2.29. The van der Waals surface area contributed by atoms with Crippen LogP contribution in [0.5, 0.6) is 0 Å². The summed E-state index contributed by atoms with van der Waals surface area (Å²) in [6.45, 7) is 6.82. The SMILES string of the molecule is CNC(=O)CN1CC(CCN2CCN(c3ccc4[nH]ccc4c3)CC2)c2ccccc21.O=C(O)C(=O)O. The summed E-state index contributed by atoms with van der Waals surface area (Å²) in [5, 5.41) is 18.8. The van der Waals surface area contributed by atoms with Crippen molar-refractivity contribution in [3.63, 3.8) is 0 Å². The van der Waals surface area contributed by atoms with Gasteiger partial charge in [-0.15, -0.1) is 0 Å². The first-order chi connectivity index (χ1) is 17.9. The third kappa shape index (κ3) is 6.39. The van der Waals surface area contributed by atoms with Crippen LogP contribution in [0.2, 0.25) is 0 Å². The lowest BCUT2D eigenvalue weighted by Gasteiger charge is -2.36. The molecule has 2 aliphatic heterocycles. The number of likely N-dealkylation sites (N-methyl/N-ethyl adjacent to an activating group) is 1. The van der Waals surface area contributed by atoms with Crippen LogP contribution in [0.4, 0.5) is 11.4 Å². The van der Waals surface area contributed by atoms with E-state index in [0.717, 1.165) is 45.7 Å². The van der Waals surface area contributed by atoms with Gasteiger partial charge in [0.1, 0.15) is 0 Å². The van der Waals surface area contributed by atoms with E-state index >= 15 is 0 Å². The maximum absolute atomic E-state index is 11.9. The number of nitrogens with one attached hydrogen (secondary N) is 2. The third-order valence-corrected chi connectivity index (χ3v) is 7.02. The molecule has 1 saturated heterocycles. The summed E-state index contributed by atoms with van der Waals surface area (Å²) in [4.78, 5) is 40.7. The number of fused-ring (bicyclic) bond motifs is 2. The summed E-state index contributed by atoms with van der Waals surface area (Å²) in [6, 6.07) is 17.4. The predicted octanol–water partition coefficient (Wildman–Crippen LogP) is 2.19. The Morgan fingerprint density at radius 1 is 1.00 bits per heavy atom. The van der Waals surface area contributed by atoms with E-state index in [9.17, 15) is 4.79 Å². The number of para-hydroxylation sites is 1. The fourth-order valence-electron chi connectivity index (χ4n) is 5.04. The van der Waals surface area contributed by atoms with E-state index in [4.69, 9.17) is 19.8 Å². The summed E-state index contributed by atoms with van der Waals surface area (Å²) in [5.41, 5.74) is 5.14. The summed E-state index contributed by atoms with van der Waals surface area (Å²) in [7, 11) is 1.71. The van der Waals surface area contributed by atoms with Crippen LogP contribution in [-0.4, -0.2) is 90.8 Å². The number of carbonyl (C=O) groups excluding carboxylic acids is 1. The van der Waals surface area contributed by atoms with Crippen LogP contribution in [0.1, 0.15) is 17.9 Å². The van der Waals surface area contributed by atoms with Crippen molar-refractivity contribution in [3.05, 3.63) is 60.3 Å². The standard InChI is InChI=1S/C25H31N5O.C2H2O4/c1-26-25(31)18-30-17-20(22-4-2-3-5-24(22)30)9-11-28-12-14-29(15-13-28)21-6-7-23-19(16-21)8-10-27-23;3-1(4)2(5)6/h2-8,10,16,20,27H,9,11-15,17-18H2,1H3,(H,26,31);(H,3,4)(H,5,6). The van der Waals surface area contributed by atoms with Crippen molar-refractivity contribution < 1.29 is 24.6 Å². The number of carboxylic acid groups (broad SMARTS) is 2. The fourth-order valence-corrected chi connectivity index (χ4v) is 5.04. The topological polar surface area (TPSA) is 129 Å². The molecule has 5 rings (SSSR count). The molecule has 2 aliphatic rings. The van der Waals surface area contributed by atoms with Gasteiger partial charge in [0.15, 0.2) is 0 Å². The van der Waals surface area contributed by atoms with Gasteiger partial charge in [-0.25, -0.2) is 9.59 Å². The van der Waals surface area contributed by atoms with Crippen molar-refractivity contribution in [1.82, 2.24) is 15.2 Å². The molecule has 0 radical (unpaired) electrons. The molecule has 4 N–H and O–H groups in total. The van der Waals surface area contributed by atoms with Crippen molar-refractivity contribution in [3.8, 4) is 0 Å². The number of aromatic amines is 1. The highest BCUT2D eigenvalue weighted by molar-refractivity contribution is 6.27. The van der Waals surface area contributed by atoms with E-state index in [0.29, 0.717) is 12.5 Å². The van der Waals surface area contributed by atoms with Crippen molar-refractivity contribution in [2.45, 2.75) is 12.3 Å². The number of amides is 1. The number of piperazine rings is 1. The van der Waals surface area contributed by atoms with Crippen LogP contribution < -0.4 is 15.1 Å². The number of anilines is 2. The second-order valence-corrected chi connectivity index (χ2v) is 9.29. The van der Waals surface area contributed by atoms with Crippen LogP contribution in [0.25, 0.3) is 10.9 Å². The quantitative estimate of drug-likeness (QED) is 0.374. The Hall–Kier alpha value is -4.05. The number of nitrogens with zero attached hydrogens (tertiary/aromatic N) is 3. The molecule has 1 aromatic heterocycles. The number of aliphatic carboxylic acids is 2. The molecule has 10 heteroatoms. The fraction of sp³-hybridized carbons (Fsp3) is 0.370. The van der Waals surface area contributed by atoms with Gasteiger partial charge in [0.2, 0.25) is 5.91 Å². The molecule has 37 heavy (non-hydrogen) atoms. The first-order valence-electron chi connectivity index (χ1n) is 12.4. The number of hydrogen-bond acceptors (Lipinski definition) is 6. The Balaban J connectivity index is 0.000000480. The highest BCUT2D eigenvalue weighted by atomic mass is 16.4. The molecule has 3 aromatic rings. The molecule has 196 valence electrons. The third-order valence-electron chi connectivity index (χ3n) is 7.02. The molecule has 3 heterocycles. The van der Waals surface area contributed by atoms with Gasteiger partial charge in [0, 0.05) is 74.2 Å². The Labute approximate surface area is 215 Å². The van der Waals surface area contributed by atoms with E-state index in [1.165, 1.54) is 27.8 Å². The molecule has 1 amide bonds. The lowest BCUT2D eigenvalue weighted by Crippen LogP contribution is -2.46. The Morgan fingerprint density at radius 3 is 2.43 bits per heavy atom. The van der Waals surface area contributed by atoms with Gasteiger partial charge in [-0.1, -0.05) is 18.2 Å². The van der Waals surface area contributed by atoms with E-state index in [1.54, 1.807) is 7.05 Å². The summed E-state index contributed by atoms with van der Waals surface area (Å²) < 4.78 is 0. The average molecular weight is 508 g/mol. The van der Waals surface area contributed by atoms with Gasteiger partial charge in [-0.3, -0.25) is 9.69 Å². The minimum Gasteiger partial charge on any atom is -0.473 e. The Kier molecular flexibility index (Phi) is 8.29. The number of H-pyrrole nitrogens is 1. The number of carboxylic acids is 2. The van der Waals surface area contributed by atoms with Gasteiger partial charge in [-0.2, -0.15) is 0 Å². The largest absolute Gasteiger partial charge is 0.473 e. The first kappa shape index (κ1) is 26.0. The van der Waals surface area contributed by atoms with E-state index in [1.807, 2.05) is 6.20 Å².